The monoisotopic (exact) mass is 1300 g/mol. The van der Waals surface area contributed by atoms with Crippen LogP contribution in [0.1, 0.15) is 75.7 Å². The summed E-state index contributed by atoms with van der Waals surface area (Å²) in [4.78, 5) is 12.1. The Morgan fingerprint density at radius 1 is 0.233 bits per heavy atom. The lowest BCUT2D eigenvalue weighted by atomic mass is 9.83. The topological polar surface area (TPSA) is 240 Å². The molecular weight excluding hydrogens is 1180 g/mol. The molecule has 26 nitrogen and oxygen atoms in total. The van der Waals surface area contributed by atoms with E-state index in [1.165, 1.54) is 0 Å². The van der Waals surface area contributed by atoms with Crippen molar-refractivity contribution in [2.45, 2.75) is 223 Å². The first kappa shape index (κ1) is 76.3. The highest BCUT2D eigenvalue weighted by molar-refractivity contribution is 4.98. The van der Waals surface area contributed by atoms with E-state index >= 15 is 0 Å². The van der Waals surface area contributed by atoms with E-state index in [4.69, 9.17) is 123 Å². The van der Waals surface area contributed by atoms with Crippen molar-refractivity contribution in [3.8, 4) is 0 Å². The van der Waals surface area contributed by atoms with Crippen LogP contribution in [-0.4, -0.2) is 279 Å². The molecular formula is C64H116O26. The lowest BCUT2D eigenvalue weighted by Crippen LogP contribution is -2.63. The van der Waals surface area contributed by atoms with Crippen molar-refractivity contribution < 1.29 is 123 Å². The van der Waals surface area contributed by atoms with Gasteiger partial charge in [0.05, 0.1) is 89.0 Å². The molecule has 7 aliphatic heterocycles. The van der Waals surface area contributed by atoms with Crippen LogP contribution < -0.4 is 0 Å². The molecule has 0 radical (unpaired) electrons. The minimum Gasteiger partial charge on any atom is -0.382 e. The molecule has 0 N–H and O–H groups in total. The van der Waals surface area contributed by atoms with E-state index in [2.05, 4.69) is 55.4 Å². The molecule has 7 fully saturated rings. The summed E-state index contributed by atoms with van der Waals surface area (Å²) in [6.07, 6.45) is -13.2. The first-order chi connectivity index (χ1) is 43.3. The van der Waals surface area contributed by atoms with Gasteiger partial charge in [0, 0.05) is 127 Å². The van der Waals surface area contributed by atoms with Gasteiger partial charge in [0.2, 0.25) is 12.6 Å². The summed E-state index contributed by atoms with van der Waals surface area (Å²) in [5.41, 5.74) is 0. The Hall–Kier alpha value is -1.04. The largest absolute Gasteiger partial charge is 0.382 e. The van der Waals surface area contributed by atoms with E-state index in [9.17, 15) is 0 Å². The molecule has 0 amide bonds. The maximum absolute atomic E-state index is 7.12. The number of rotatable bonds is 32. The fourth-order valence-corrected chi connectivity index (χ4v) is 14.7. The second-order valence-electron chi connectivity index (χ2n) is 26.2. The van der Waals surface area contributed by atoms with Crippen molar-refractivity contribution in [3.63, 3.8) is 0 Å². The molecule has 0 aromatic carbocycles. The fourth-order valence-electron chi connectivity index (χ4n) is 14.7. The highest BCUT2D eigenvalue weighted by atomic mass is 17.3. The van der Waals surface area contributed by atoms with Crippen LogP contribution >= 0.6 is 0 Å². The molecule has 528 valence electrons. The predicted molar refractivity (Wildman–Crippen MR) is 321 cm³/mol. The zero-order valence-corrected chi connectivity index (χ0v) is 57.9. The van der Waals surface area contributed by atoms with E-state index in [0.717, 1.165) is 6.42 Å². The van der Waals surface area contributed by atoms with Crippen LogP contribution in [0.3, 0.4) is 0 Å². The zero-order chi connectivity index (χ0) is 65.7. The predicted octanol–water partition coefficient (Wildman–Crippen LogP) is 5.29. The Kier molecular flexibility index (Phi) is 31.0. The zero-order valence-electron chi connectivity index (χ0n) is 57.9. The van der Waals surface area contributed by atoms with Gasteiger partial charge in [-0.1, -0.05) is 69.2 Å². The standard InChI is InChI=1S/C64H116O26/c1-31-23-41(24-65-11)77-58(32(31)2)84-51-38(8)54(73-19)61(80-45(51)28-69-15)87-49-33(3)35(5)59(78-43(49)26-67-13)85-52-39(9)55(74-20)62(81-46(52)29-70-16)88-50-34(4)36(6)60(79-44(50)27-68-14)86-53-40(10)57(76-22)64(83-47(53)30-71-17)90-89-63-56(75-21)37(7)48(72-18)42(82-63)25-66-12/h31-64H,23-30H2,1-22H3/t31?,32?,33?,34?,35?,36?,37-,38?,39?,40?,41+,42?,43-,44-,45-,46-,47-,48-,49+,50+,51-,52-,53-,54?,55?,56?,57?,58+,59+,60+,61-,62-,63-,64-/m0/s1. The number of hydrogen-bond acceptors (Lipinski definition) is 26. The highest BCUT2D eigenvalue weighted by Crippen LogP contribution is 2.45. The SMILES string of the molecule is COCC1O[C@@H](OO[C@@H]2O[C@@H](COC)[C@@H](O[C@H]3O[C@@H](COC)[C@H](O[C@@H]4O[C@@H](COC)[C@@H](O[C@H]5O[C@@H](COC)[C@H](O[C@@H]6O[C@@H](COC)[C@@H](O[C@H]7O[C@@H](COC)CC(C)C7C)C(C)C6OC)C(C)C5C)C(C)C4OC)C(C)C3C)C(C)C2OC)C(OC)[C@@H](C)[C@@H]1OC. The van der Waals surface area contributed by atoms with Crippen LogP contribution in [0.15, 0.2) is 0 Å². The van der Waals surface area contributed by atoms with E-state index in [0.29, 0.717) is 12.5 Å². The minimum absolute atomic E-state index is 0.0781. The summed E-state index contributed by atoms with van der Waals surface area (Å²) in [6, 6.07) is 0. The summed E-state index contributed by atoms with van der Waals surface area (Å²) in [5, 5.41) is 0. The summed E-state index contributed by atoms with van der Waals surface area (Å²) in [7, 11) is 19.6. The van der Waals surface area contributed by atoms with Crippen LogP contribution in [0.25, 0.3) is 0 Å². The minimum atomic E-state index is -1.00. The van der Waals surface area contributed by atoms with Gasteiger partial charge in [-0.3, -0.25) is 0 Å². The van der Waals surface area contributed by atoms with Crippen molar-refractivity contribution in [1.82, 2.24) is 0 Å². The fraction of sp³-hybridized carbons (Fsp3) is 1.00. The lowest BCUT2D eigenvalue weighted by Gasteiger charge is -2.52. The Balaban J connectivity index is 1.01. The van der Waals surface area contributed by atoms with Crippen LogP contribution in [0, 0.1) is 59.2 Å². The molecule has 7 saturated heterocycles. The van der Waals surface area contributed by atoms with Gasteiger partial charge in [-0.15, -0.1) is 0 Å². The molecule has 26 heteroatoms. The molecule has 0 aromatic rings. The maximum atomic E-state index is 7.12. The molecule has 0 aliphatic carbocycles. The molecule has 7 aliphatic rings. The van der Waals surface area contributed by atoms with Crippen molar-refractivity contribution >= 4 is 0 Å². The first-order valence-corrected chi connectivity index (χ1v) is 32.5. The van der Waals surface area contributed by atoms with Crippen molar-refractivity contribution in [1.29, 1.82) is 0 Å². The van der Waals surface area contributed by atoms with Crippen LogP contribution in [0.2, 0.25) is 0 Å². The quantitative estimate of drug-likeness (QED) is 0.0614. The Morgan fingerprint density at radius 2 is 0.478 bits per heavy atom. The van der Waals surface area contributed by atoms with Crippen molar-refractivity contribution in [2.75, 3.05) is 132 Å². The molecule has 0 aromatic heterocycles. The first-order valence-electron chi connectivity index (χ1n) is 32.5. The van der Waals surface area contributed by atoms with Crippen LogP contribution in [-0.2, 0) is 123 Å². The third-order valence-electron chi connectivity index (χ3n) is 20.5. The lowest BCUT2D eigenvalue weighted by molar-refractivity contribution is -0.487. The van der Waals surface area contributed by atoms with Gasteiger partial charge >= 0.3 is 0 Å². The normalized spacial score (nSPS) is 47.1. The number of ether oxygens (including phenoxy) is 24. The number of hydrogen-bond donors (Lipinski definition) is 0. The summed E-state index contributed by atoms with van der Waals surface area (Å²) in [5.74, 6) is -1.09. The average Bonchev–Trinajstić information content (AvgIpc) is 0.816. The summed E-state index contributed by atoms with van der Waals surface area (Å²) >= 11 is 0. The molecule has 90 heavy (non-hydrogen) atoms. The molecule has 0 saturated carbocycles. The van der Waals surface area contributed by atoms with E-state index < -0.39 is 136 Å². The Labute approximate surface area is 536 Å². The molecule has 34 atom stereocenters. The number of methoxy groups -OCH3 is 12. The van der Waals surface area contributed by atoms with Gasteiger partial charge in [0.1, 0.15) is 61.0 Å². The van der Waals surface area contributed by atoms with Gasteiger partial charge < -0.3 is 114 Å². The van der Waals surface area contributed by atoms with Gasteiger partial charge in [0.15, 0.2) is 31.5 Å². The van der Waals surface area contributed by atoms with Crippen molar-refractivity contribution in [3.05, 3.63) is 0 Å². The smallest absolute Gasteiger partial charge is 0.218 e. The molecule has 14 unspecified atom stereocenters. The Morgan fingerprint density at radius 3 is 0.789 bits per heavy atom. The van der Waals surface area contributed by atoms with Crippen molar-refractivity contribution in [2.24, 2.45) is 59.2 Å². The average molecular weight is 1300 g/mol. The van der Waals surface area contributed by atoms with Gasteiger partial charge in [-0.2, -0.15) is 9.78 Å². The summed E-state index contributed by atoms with van der Waals surface area (Å²) < 4.78 is 152. The molecule has 0 bridgehead atoms. The van der Waals surface area contributed by atoms with Gasteiger partial charge in [0.25, 0.3) is 0 Å². The highest BCUT2D eigenvalue weighted by Gasteiger charge is 2.57. The van der Waals surface area contributed by atoms with Gasteiger partial charge in [-0.25, -0.2) is 0 Å². The van der Waals surface area contributed by atoms with E-state index in [1.54, 1.807) is 85.3 Å². The Bertz CT molecular complexity index is 2000. The van der Waals surface area contributed by atoms with Crippen LogP contribution in [0.5, 0.6) is 0 Å². The van der Waals surface area contributed by atoms with E-state index in [1.807, 2.05) is 13.8 Å². The summed E-state index contributed by atoms with van der Waals surface area (Å²) in [6.45, 7) is 22.8. The molecule has 0 spiro atoms. The van der Waals surface area contributed by atoms with Gasteiger partial charge in [-0.05, 0) is 24.2 Å². The second kappa shape index (κ2) is 36.5. The third-order valence-corrected chi connectivity index (χ3v) is 20.5. The maximum Gasteiger partial charge on any atom is 0.218 e. The third kappa shape index (κ3) is 17.6. The molecule has 7 heterocycles. The van der Waals surface area contributed by atoms with Crippen LogP contribution in [0.4, 0.5) is 0 Å². The molecule has 7 rings (SSSR count). The second-order valence-corrected chi connectivity index (χ2v) is 26.2. The van der Waals surface area contributed by atoms with E-state index in [-0.39, 0.29) is 105 Å².